The van der Waals surface area contributed by atoms with E-state index in [1.807, 2.05) is 20.9 Å². The number of carbonyl (C=O) groups is 1. The lowest BCUT2D eigenvalue weighted by Crippen LogP contribution is -2.31. The Morgan fingerprint density at radius 2 is 2.00 bits per heavy atom. The number of aliphatic carboxylic acids is 1. The number of hydrogen-bond donors (Lipinski definition) is 1. The SMILES string of the molecule is COc1ccc(OC)c(C(C(=O)O)N(C)Cc2c(C)nn(C)c2C)c1. The summed E-state index contributed by atoms with van der Waals surface area (Å²) in [4.78, 5) is 13.8. The average Bonchev–Trinajstić information content (AvgIpc) is 2.80. The summed E-state index contributed by atoms with van der Waals surface area (Å²) >= 11 is 0. The Bertz CT molecular complexity index is 770. The maximum absolute atomic E-state index is 12.0. The molecule has 7 nitrogen and oxygen atoms in total. The molecule has 1 N–H and O–H groups in total. The number of nitrogens with zero attached hydrogens (tertiary/aromatic N) is 3. The third-order valence-electron chi connectivity index (χ3n) is 4.47. The molecule has 7 heteroatoms. The Kier molecular flexibility index (Phi) is 5.69. The standard InChI is InChI=1S/C18H25N3O4/c1-11-15(12(2)21(4)19-11)10-20(3)17(18(22)23)14-9-13(24-5)7-8-16(14)25-6/h7-9,17H,10H2,1-6H3,(H,22,23). The summed E-state index contributed by atoms with van der Waals surface area (Å²) < 4.78 is 12.4. The van der Waals surface area contributed by atoms with Crippen molar-refractivity contribution in [2.45, 2.75) is 26.4 Å². The molecule has 1 aromatic carbocycles. The predicted molar refractivity (Wildman–Crippen MR) is 94.1 cm³/mol. The van der Waals surface area contributed by atoms with Crippen LogP contribution in [0.25, 0.3) is 0 Å². The van der Waals surface area contributed by atoms with Crippen LogP contribution in [0.4, 0.5) is 0 Å². The van der Waals surface area contributed by atoms with Crippen LogP contribution in [0.5, 0.6) is 11.5 Å². The van der Waals surface area contributed by atoms with Gasteiger partial charge in [-0.2, -0.15) is 5.10 Å². The van der Waals surface area contributed by atoms with Crippen LogP contribution in [0.1, 0.15) is 28.6 Å². The van der Waals surface area contributed by atoms with Crippen molar-refractivity contribution in [1.82, 2.24) is 14.7 Å². The molecule has 0 saturated heterocycles. The molecule has 0 fully saturated rings. The van der Waals surface area contributed by atoms with Gasteiger partial charge in [0.05, 0.1) is 19.9 Å². The highest BCUT2D eigenvalue weighted by molar-refractivity contribution is 5.77. The van der Waals surface area contributed by atoms with Crippen LogP contribution >= 0.6 is 0 Å². The molecule has 1 heterocycles. The normalized spacial score (nSPS) is 12.3. The highest BCUT2D eigenvalue weighted by Crippen LogP contribution is 2.33. The highest BCUT2D eigenvalue weighted by Gasteiger charge is 2.29. The number of hydrogen-bond acceptors (Lipinski definition) is 5. The first kappa shape index (κ1) is 18.8. The third-order valence-corrected chi connectivity index (χ3v) is 4.47. The van der Waals surface area contributed by atoms with Gasteiger partial charge in [0, 0.05) is 30.4 Å². The summed E-state index contributed by atoms with van der Waals surface area (Å²) in [6.07, 6.45) is 0. The van der Waals surface area contributed by atoms with E-state index in [1.54, 1.807) is 41.9 Å². The quantitative estimate of drug-likeness (QED) is 0.828. The lowest BCUT2D eigenvalue weighted by Gasteiger charge is -2.26. The number of likely N-dealkylation sites (N-methyl/N-ethyl adjacent to an activating group) is 1. The Morgan fingerprint density at radius 3 is 2.48 bits per heavy atom. The molecule has 1 unspecified atom stereocenters. The number of methoxy groups -OCH3 is 2. The largest absolute Gasteiger partial charge is 0.497 e. The van der Waals surface area contributed by atoms with E-state index in [-0.39, 0.29) is 0 Å². The molecule has 0 aliphatic carbocycles. The van der Waals surface area contributed by atoms with Crippen molar-refractivity contribution >= 4 is 5.97 Å². The minimum atomic E-state index is -0.951. The van der Waals surface area contributed by atoms with Crippen LogP contribution in [0.3, 0.4) is 0 Å². The Balaban J connectivity index is 2.42. The van der Waals surface area contributed by atoms with Gasteiger partial charge in [-0.25, -0.2) is 0 Å². The van der Waals surface area contributed by atoms with Gasteiger partial charge in [-0.05, 0) is 39.1 Å². The second-order valence-electron chi connectivity index (χ2n) is 6.04. The fourth-order valence-corrected chi connectivity index (χ4v) is 3.00. The fraction of sp³-hybridized carbons (Fsp3) is 0.444. The van der Waals surface area contributed by atoms with E-state index in [9.17, 15) is 9.90 Å². The van der Waals surface area contributed by atoms with E-state index in [0.29, 0.717) is 23.6 Å². The molecular weight excluding hydrogens is 322 g/mol. The molecule has 0 aliphatic heterocycles. The number of carboxylic acids is 1. The molecule has 1 atom stereocenters. The Labute approximate surface area is 147 Å². The number of rotatable bonds is 7. The van der Waals surface area contributed by atoms with Crippen LogP contribution in [0.2, 0.25) is 0 Å². The van der Waals surface area contributed by atoms with Gasteiger partial charge in [-0.15, -0.1) is 0 Å². The summed E-state index contributed by atoms with van der Waals surface area (Å²) in [5, 5.41) is 14.2. The highest BCUT2D eigenvalue weighted by atomic mass is 16.5. The molecule has 0 saturated carbocycles. The number of aromatic nitrogens is 2. The average molecular weight is 347 g/mol. The molecule has 1 aromatic heterocycles. The fourth-order valence-electron chi connectivity index (χ4n) is 3.00. The molecular formula is C18H25N3O4. The first-order valence-corrected chi connectivity index (χ1v) is 7.94. The van der Waals surface area contributed by atoms with Crippen molar-refractivity contribution in [3.05, 3.63) is 40.7 Å². The third kappa shape index (κ3) is 3.76. The lowest BCUT2D eigenvalue weighted by atomic mass is 10.0. The van der Waals surface area contributed by atoms with Crippen LogP contribution in [0.15, 0.2) is 18.2 Å². The van der Waals surface area contributed by atoms with Gasteiger partial charge < -0.3 is 14.6 Å². The summed E-state index contributed by atoms with van der Waals surface area (Å²) in [6, 6.07) is 4.30. The molecule has 0 radical (unpaired) electrons. The zero-order valence-electron chi connectivity index (χ0n) is 15.5. The van der Waals surface area contributed by atoms with Crippen molar-refractivity contribution in [2.75, 3.05) is 21.3 Å². The molecule has 2 rings (SSSR count). The first-order valence-electron chi connectivity index (χ1n) is 7.94. The molecule has 0 amide bonds. The van der Waals surface area contributed by atoms with Crippen LogP contribution in [-0.2, 0) is 18.4 Å². The van der Waals surface area contributed by atoms with E-state index >= 15 is 0 Å². The first-order chi connectivity index (χ1) is 11.8. The smallest absolute Gasteiger partial charge is 0.325 e. The van der Waals surface area contributed by atoms with Gasteiger partial charge >= 0.3 is 5.97 Å². The van der Waals surface area contributed by atoms with Crippen molar-refractivity contribution in [2.24, 2.45) is 7.05 Å². The van der Waals surface area contributed by atoms with E-state index in [1.165, 1.54) is 7.11 Å². The molecule has 136 valence electrons. The van der Waals surface area contributed by atoms with Crippen LogP contribution in [0, 0.1) is 13.8 Å². The number of carboxylic acid groups (broad SMARTS) is 1. The minimum absolute atomic E-state index is 0.461. The molecule has 0 bridgehead atoms. The Hall–Kier alpha value is -2.54. The van der Waals surface area contributed by atoms with E-state index in [0.717, 1.165) is 17.0 Å². The topological polar surface area (TPSA) is 76.8 Å². The van der Waals surface area contributed by atoms with Crippen molar-refractivity contribution in [1.29, 1.82) is 0 Å². The molecule has 25 heavy (non-hydrogen) atoms. The molecule has 0 aliphatic rings. The number of ether oxygens (including phenoxy) is 2. The van der Waals surface area contributed by atoms with E-state index < -0.39 is 12.0 Å². The zero-order chi connectivity index (χ0) is 18.7. The van der Waals surface area contributed by atoms with Crippen LogP contribution < -0.4 is 9.47 Å². The number of benzene rings is 1. The van der Waals surface area contributed by atoms with Crippen LogP contribution in [-0.4, -0.2) is 47.0 Å². The molecule has 2 aromatic rings. The maximum atomic E-state index is 12.0. The predicted octanol–water partition coefficient (Wildman–Crippen LogP) is 2.31. The monoisotopic (exact) mass is 347 g/mol. The second-order valence-corrected chi connectivity index (χ2v) is 6.04. The lowest BCUT2D eigenvalue weighted by molar-refractivity contribution is -0.143. The summed E-state index contributed by atoms with van der Waals surface area (Å²) in [5.74, 6) is 0.150. The van der Waals surface area contributed by atoms with Gasteiger partial charge in [0.15, 0.2) is 0 Å². The van der Waals surface area contributed by atoms with Gasteiger partial charge in [0.25, 0.3) is 0 Å². The molecule has 0 spiro atoms. The number of aryl methyl sites for hydroxylation is 2. The van der Waals surface area contributed by atoms with Gasteiger partial charge in [-0.3, -0.25) is 14.4 Å². The maximum Gasteiger partial charge on any atom is 0.325 e. The Morgan fingerprint density at radius 1 is 1.32 bits per heavy atom. The summed E-state index contributed by atoms with van der Waals surface area (Å²) in [5.41, 5.74) is 3.49. The second kappa shape index (κ2) is 7.57. The van der Waals surface area contributed by atoms with Crippen molar-refractivity contribution in [3.8, 4) is 11.5 Å². The summed E-state index contributed by atoms with van der Waals surface area (Å²) in [7, 11) is 6.74. The van der Waals surface area contributed by atoms with Crippen molar-refractivity contribution < 1.29 is 19.4 Å². The van der Waals surface area contributed by atoms with E-state index in [4.69, 9.17) is 9.47 Å². The van der Waals surface area contributed by atoms with Gasteiger partial charge in [0.1, 0.15) is 17.5 Å². The van der Waals surface area contributed by atoms with Crippen molar-refractivity contribution in [3.63, 3.8) is 0 Å². The zero-order valence-corrected chi connectivity index (χ0v) is 15.5. The van der Waals surface area contributed by atoms with Gasteiger partial charge in [-0.1, -0.05) is 0 Å². The minimum Gasteiger partial charge on any atom is -0.497 e. The van der Waals surface area contributed by atoms with E-state index in [2.05, 4.69) is 5.10 Å². The van der Waals surface area contributed by atoms with Gasteiger partial charge in [0.2, 0.25) is 0 Å². The summed E-state index contributed by atoms with van der Waals surface area (Å²) in [6.45, 7) is 4.37.